The topological polar surface area (TPSA) is 73.3 Å². The number of hydrogen-bond acceptors (Lipinski definition) is 5. The molecule has 0 aliphatic rings. The summed E-state index contributed by atoms with van der Waals surface area (Å²) in [4.78, 5) is 21.8. The normalized spacial score (nSPS) is 10.5. The van der Waals surface area contributed by atoms with E-state index in [1.807, 2.05) is 51.1 Å². The van der Waals surface area contributed by atoms with E-state index in [2.05, 4.69) is 15.3 Å². The second-order valence-electron chi connectivity index (χ2n) is 6.54. The van der Waals surface area contributed by atoms with Gasteiger partial charge >= 0.3 is 0 Å². The van der Waals surface area contributed by atoms with Crippen LogP contribution in [0.15, 0.2) is 48.7 Å². The molecule has 6 heteroatoms. The molecule has 1 aromatic heterocycles. The Morgan fingerprint density at radius 1 is 1.00 bits per heavy atom. The first-order chi connectivity index (χ1) is 14.0. The van der Waals surface area contributed by atoms with Crippen LogP contribution in [-0.2, 0) is 0 Å². The van der Waals surface area contributed by atoms with Crippen LogP contribution in [0.25, 0.3) is 11.4 Å². The van der Waals surface area contributed by atoms with Gasteiger partial charge in [0.15, 0.2) is 5.82 Å². The highest BCUT2D eigenvalue weighted by Crippen LogP contribution is 2.30. The number of aromatic nitrogens is 2. The van der Waals surface area contributed by atoms with E-state index in [1.54, 1.807) is 25.3 Å². The van der Waals surface area contributed by atoms with Crippen molar-refractivity contribution in [3.63, 3.8) is 0 Å². The molecular weight excluding hydrogens is 366 g/mol. The number of carbonyl (C=O) groups excluding carboxylic acids is 1. The molecule has 0 spiro atoms. The summed E-state index contributed by atoms with van der Waals surface area (Å²) in [6, 6.07) is 13.3. The smallest absolute Gasteiger partial charge is 0.259 e. The van der Waals surface area contributed by atoms with Gasteiger partial charge in [0.25, 0.3) is 5.91 Å². The number of carbonyl (C=O) groups is 1. The van der Waals surface area contributed by atoms with Gasteiger partial charge in [-0.2, -0.15) is 0 Å². The van der Waals surface area contributed by atoms with Crippen molar-refractivity contribution in [2.24, 2.45) is 0 Å². The molecule has 2 aromatic carbocycles. The van der Waals surface area contributed by atoms with Crippen LogP contribution in [0.5, 0.6) is 11.5 Å². The minimum atomic E-state index is -0.299. The van der Waals surface area contributed by atoms with Crippen LogP contribution in [-0.4, -0.2) is 29.1 Å². The standard InChI is InChI=1S/C23H25N3O3/c1-5-28-18-11-12-21(29-6-2)20(13-18)26-23(27)19-14-24-22(25-16(19)4)17-9-7-15(3)8-10-17/h7-14H,5-6H2,1-4H3,(H,26,27). The van der Waals surface area contributed by atoms with Crippen LogP contribution < -0.4 is 14.8 Å². The molecular formula is C23H25N3O3. The van der Waals surface area contributed by atoms with Crippen molar-refractivity contribution in [2.75, 3.05) is 18.5 Å². The molecule has 1 N–H and O–H groups in total. The van der Waals surface area contributed by atoms with Gasteiger partial charge in [-0.1, -0.05) is 29.8 Å². The highest BCUT2D eigenvalue weighted by atomic mass is 16.5. The van der Waals surface area contributed by atoms with Gasteiger partial charge in [-0.25, -0.2) is 9.97 Å². The first-order valence-corrected chi connectivity index (χ1v) is 9.63. The summed E-state index contributed by atoms with van der Waals surface area (Å²) < 4.78 is 11.2. The zero-order valence-corrected chi connectivity index (χ0v) is 17.2. The first kappa shape index (κ1) is 20.3. The van der Waals surface area contributed by atoms with Crippen LogP contribution in [0.3, 0.4) is 0 Å². The molecule has 0 atom stereocenters. The van der Waals surface area contributed by atoms with Gasteiger partial charge in [-0.05, 0) is 39.8 Å². The zero-order valence-electron chi connectivity index (χ0n) is 17.2. The molecule has 0 saturated carbocycles. The maximum atomic E-state index is 12.9. The van der Waals surface area contributed by atoms with Gasteiger partial charge in [-0.3, -0.25) is 4.79 Å². The molecule has 150 valence electrons. The lowest BCUT2D eigenvalue weighted by molar-refractivity contribution is 0.102. The van der Waals surface area contributed by atoms with Gasteiger partial charge in [0.2, 0.25) is 0 Å². The molecule has 0 unspecified atom stereocenters. The largest absolute Gasteiger partial charge is 0.494 e. The third kappa shape index (κ3) is 4.90. The average Bonchev–Trinajstić information content (AvgIpc) is 2.70. The molecule has 1 amide bonds. The van der Waals surface area contributed by atoms with Gasteiger partial charge < -0.3 is 14.8 Å². The van der Waals surface area contributed by atoms with Crippen molar-refractivity contribution < 1.29 is 14.3 Å². The van der Waals surface area contributed by atoms with Crippen molar-refractivity contribution in [2.45, 2.75) is 27.7 Å². The lowest BCUT2D eigenvalue weighted by Gasteiger charge is -2.14. The number of amides is 1. The van der Waals surface area contributed by atoms with Crippen LogP contribution in [0.1, 0.15) is 35.5 Å². The molecule has 0 aliphatic carbocycles. The number of nitrogens with zero attached hydrogens (tertiary/aromatic N) is 2. The Kier molecular flexibility index (Phi) is 6.44. The minimum Gasteiger partial charge on any atom is -0.494 e. The highest BCUT2D eigenvalue weighted by Gasteiger charge is 2.16. The second-order valence-corrected chi connectivity index (χ2v) is 6.54. The summed E-state index contributed by atoms with van der Waals surface area (Å²) in [6.07, 6.45) is 1.56. The van der Waals surface area contributed by atoms with Gasteiger partial charge in [0.05, 0.1) is 30.2 Å². The SMILES string of the molecule is CCOc1ccc(OCC)c(NC(=O)c2cnc(-c3ccc(C)cc3)nc2C)c1. The van der Waals surface area contributed by atoms with Crippen LogP contribution >= 0.6 is 0 Å². The molecule has 1 heterocycles. The molecule has 0 bridgehead atoms. The van der Waals surface area contributed by atoms with Crippen LogP contribution in [0, 0.1) is 13.8 Å². The zero-order chi connectivity index (χ0) is 20.8. The van der Waals surface area contributed by atoms with Crippen LogP contribution in [0.2, 0.25) is 0 Å². The number of anilines is 1. The van der Waals surface area contributed by atoms with E-state index in [0.717, 1.165) is 5.56 Å². The molecule has 0 radical (unpaired) electrons. The van der Waals surface area contributed by atoms with E-state index in [1.165, 1.54) is 5.56 Å². The molecule has 6 nitrogen and oxygen atoms in total. The monoisotopic (exact) mass is 391 g/mol. The Hall–Kier alpha value is -3.41. The maximum absolute atomic E-state index is 12.9. The van der Waals surface area contributed by atoms with E-state index in [-0.39, 0.29) is 5.91 Å². The Labute approximate surface area is 170 Å². The van der Waals surface area contributed by atoms with Crippen molar-refractivity contribution in [1.82, 2.24) is 9.97 Å². The highest BCUT2D eigenvalue weighted by molar-refractivity contribution is 6.05. The maximum Gasteiger partial charge on any atom is 0.259 e. The fourth-order valence-electron chi connectivity index (χ4n) is 2.87. The summed E-state index contributed by atoms with van der Waals surface area (Å²) in [5.41, 5.74) is 3.64. The van der Waals surface area contributed by atoms with Crippen molar-refractivity contribution in [3.8, 4) is 22.9 Å². The number of aryl methyl sites for hydroxylation is 2. The van der Waals surface area contributed by atoms with Crippen LogP contribution in [0.4, 0.5) is 5.69 Å². The first-order valence-electron chi connectivity index (χ1n) is 9.63. The van der Waals surface area contributed by atoms with Crippen molar-refractivity contribution >= 4 is 11.6 Å². The number of rotatable bonds is 7. The summed E-state index contributed by atoms with van der Waals surface area (Å²) in [7, 11) is 0. The fraction of sp³-hybridized carbons (Fsp3) is 0.261. The fourth-order valence-corrected chi connectivity index (χ4v) is 2.87. The van der Waals surface area contributed by atoms with E-state index >= 15 is 0 Å². The number of ether oxygens (including phenoxy) is 2. The molecule has 3 aromatic rings. The van der Waals surface area contributed by atoms with E-state index in [4.69, 9.17) is 9.47 Å². The Morgan fingerprint density at radius 3 is 2.38 bits per heavy atom. The third-order valence-electron chi connectivity index (χ3n) is 4.34. The summed E-state index contributed by atoms with van der Waals surface area (Å²) >= 11 is 0. The Morgan fingerprint density at radius 2 is 1.72 bits per heavy atom. The quantitative estimate of drug-likeness (QED) is 0.626. The summed E-state index contributed by atoms with van der Waals surface area (Å²) in [6.45, 7) is 8.66. The molecule has 0 saturated heterocycles. The molecule has 3 rings (SSSR count). The summed E-state index contributed by atoms with van der Waals surface area (Å²) in [5.74, 6) is 1.54. The number of nitrogens with one attached hydrogen (secondary N) is 1. The Balaban J connectivity index is 1.85. The van der Waals surface area contributed by atoms with Gasteiger partial charge in [0.1, 0.15) is 11.5 Å². The average molecular weight is 391 g/mol. The van der Waals surface area contributed by atoms with Gasteiger partial charge in [0, 0.05) is 17.8 Å². The number of benzene rings is 2. The molecule has 0 fully saturated rings. The third-order valence-corrected chi connectivity index (χ3v) is 4.34. The Bertz CT molecular complexity index is 1000. The van der Waals surface area contributed by atoms with Gasteiger partial charge in [-0.15, -0.1) is 0 Å². The summed E-state index contributed by atoms with van der Waals surface area (Å²) in [5, 5.41) is 2.89. The lowest BCUT2D eigenvalue weighted by Crippen LogP contribution is -2.16. The predicted octanol–water partition coefficient (Wildman–Crippen LogP) is 4.81. The van der Waals surface area contributed by atoms with E-state index in [9.17, 15) is 4.79 Å². The lowest BCUT2D eigenvalue weighted by atomic mass is 10.1. The second kappa shape index (κ2) is 9.19. The predicted molar refractivity (Wildman–Crippen MR) is 114 cm³/mol. The molecule has 0 aliphatic heterocycles. The number of hydrogen-bond donors (Lipinski definition) is 1. The van der Waals surface area contributed by atoms with E-state index in [0.29, 0.717) is 47.5 Å². The van der Waals surface area contributed by atoms with E-state index < -0.39 is 0 Å². The molecule has 29 heavy (non-hydrogen) atoms. The minimum absolute atomic E-state index is 0.299. The van der Waals surface area contributed by atoms with Crippen molar-refractivity contribution in [3.05, 3.63) is 65.5 Å². The van der Waals surface area contributed by atoms with Crippen molar-refractivity contribution in [1.29, 1.82) is 0 Å².